The number of imidazole rings is 1. The highest BCUT2D eigenvalue weighted by molar-refractivity contribution is 5.89. The van der Waals surface area contributed by atoms with Crippen molar-refractivity contribution in [1.82, 2.24) is 9.55 Å². The molecule has 0 amide bonds. The average molecular weight is 692 g/mol. The number of para-hydroxylation sites is 1. The summed E-state index contributed by atoms with van der Waals surface area (Å²) in [5.74, 6) is 0. The Balaban J connectivity index is 1.14. The van der Waals surface area contributed by atoms with Gasteiger partial charge in [0.15, 0.2) is 0 Å². The van der Waals surface area contributed by atoms with E-state index >= 15 is 0 Å². The molecule has 0 bridgehead atoms. The van der Waals surface area contributed by atoms with Gasteiger partial charge in [0, 0.05) is 0 Å². The van der Waals surface area contributed by atoms with E-state index in [0.717, 1.165) is 50.1 Å². The van der Waals surface area contributed by atoms with Crippen molar-refractivity contribution in [3.63, 3.8) is 0 Å². The number of aromatic nitrogens is 2. The van der Waals surface area contributed by atoms with Gasteiger partial charge >= 0.3 is 0 Å². The van der Waals surface area contributed by atoms with Crippen LogP contribution in [0, 0.1) is 0 Å². The van der Waals surface area contributed by atoms with Gasteiger partial charge in [0.2, 0.25) is 0 Å². The maximum Gasteiger partial charge on any atom is 0.143 e. The van der Waals surface area contributed by atoms with Crippen molar-refractivity contribution in [2.45, 2.75) is 23.8 Å². The lowest BCUT2D eigenvalue weighted by molar-refractivity contribution is -0.0420. The maximum atomic E-state index is 11.7. The molecule has 5 heteroatoms. The van der Waals surface area contributed by atoms with E-state index in [1.54, 1.807) is 0 Å². The first-order valence-electron chi connectivity index (χ1n) is 18.1. The molecule has 0 radical (unpaired) electrons. The minimum absolute atomic E-state index is 0.0927. The highest BCUT2D eigenvalue weighted by Crippen LogP contribution is 2.42. The minimum atomic E-state index is -0.922. The number of aliphatic hydroxyl groups is 1. The predicted molar refractivity (Wildman–Crippen MR) is 214 cm³/mol. The molecule has 8 aromatic rings. The normalized spacial score (nSPS) is 12.4. The lowest BCUT2D eigenvalue weighted by Crippen LogP contribution is -2.38. The Morgan fingerprint density at radius 3 is 1.32 bits per heavy atom. The van der Waals surface area contributed by atoms with Gasteiger partial charge in [-0.25, -0.2) is 4.98 Å². The van der Waals surface area contributed by atoms with E-state index in [9.17, 15) is 5.11 Å². The van der Waals surface area contributed by atoms with Crippen molar-refractivity contribution in [1.29, 1.82) is 0 Å². The first kappa shape index (κ1) is 33.9. The van der Waals surface area contributed by atoms with Crippen LogP contribution in [0.15, 0.2) is 207 Å². The van der Waals surface area contributed by atoms with Crippen LogP contribution in [0.3, 0.4) is 0 Å². The molecule has 1 heterocycles. The Morgan fingerprint density at radius 1 is 0.509 bits per heavy atom. The lowest BCUT2D eigenvalue weighted by Gasteiger charge is -2.38. The van der Waals surface area contributed by atoms with Gasteiger partial charge in [-0.15, -0.1) is 0 Å². The summed E-state index contributed by atoms with van der Waals surface area (Å²) in [7, 11) is 0. The van der Waals surface area contributed by atoms with Gasteiger partial charge in [0.1, 0.15) is 16.7 Å². The topological polar surface area (TPSA) is 59.3 Å². The number of hydrogen-bond donors (Lipinski definition) is 2. The highest BCUT2D eigenvalue weighted by Gasteiger charge is 2.39. The third-order valence-electron chi connectivity index (χ3n) is 10.0. The van der Waals surface area contributed by atoms with Gasteiger partial charge in [0.05, 0.1) is 36.8 Å². The molecule has 0 saturated heterocycles. The number of nitrogens with one attached hydrogen (secondary N) is 1. The van der Waals surface area contributed by atoms with Crippen LogP contribution in [0.25, 0.3) is 11.0 Å². The Morgan fingerprint density at radius 2 is 0.906 bits per heavy atom. The molecule has 0 aliphatic heterocycles. The Kier molecular flexibility index (Phi) is 9.67. The summed E-state index contributed by atoms with van der Waals surface area (Å²) in [5, 5.41) is 15.7. The SMILES string of the molecule is O[C@H](COC(c1ccccc1)(c1ccccc1)c1ccccc1)Cn1cnc2c(NC(c3ccccc3)(c3ccccc3)c3ccccc3)cccc21. The second-order valence-corrected chi connectivity index (χ2v) is 13.3. The van der Waals surface area contributed by atoms with Crippen LogP contribution in [-0.2, 0) is 22.4 Å². The largest absolute Gasteiger partial charge is 0.389 e. The zero-order valence-corrected chi connectivity index (χ0v) is 29.4. The zero-order valence-electron chi connectivity index (χ0n) is 29.4. The van der Waals surface area contributed by atoms with E-state index < -0.39 is 17.2 Å². The third kappa shape index (κ3) is 6.53. The fourth-order valence-corrected chi connectivity index (χ4v) is 7.59. The molecule has 0 saturated carbocycles. The summed E-state index contributed by atoms with van der Waals surface area (Å²) in [6, 6.07) is 68.6. The molecule has 8 rings (SSSR count). The summed E-state index contributed by atoms with van der Waals surface area (Å²) in [5.41, 5.74) is 7.31. The smallest absolute Gasteiger partial charge is 0.143 e. The maximum absolute atomic E-state index is 11.7. The van der Waals surface area contributed by atoms with Crippen LogP contribution in [0.5, 0.6) is 0 Å². The second kappa shape index (κ2) is 15.1. The van der Waals surface area contributed by atoms with Gasteiger partial charge in [-0.2, -0.15) is 0 Å². The molecular weight excluding hydrogens is 651 g/mol. The molecule has 0 fully saturated rings. The summed E-state index contributed by atoms with van der Waals surface area (Å²) in [6.07, 6.45) is 0.990. The second-order valence-electron chi connectivity index (χ2n) is 13.3. The highest BCUT2D eigenvalue weighted by atomic mass is 16.5. The monoisotopic (exact) mass is 691 g/mol. The third-order valence-corrected chi connectivity index (χ3v) is 10.0. The van der Waals surface area contributed by atoms with Crippen molar-refractivity contribution in [3.8, 4) is 0 Å². The van der Waals surface area contributed by atoms with Crippen molar-refractivity contribution in [2.75, 3.05) is 11.9 Å². The molecule has 0 spiro atoms. The van der Waals surface area contributed by atoms with Crippen LogP contribution in [0.1, 0.15) is 33.4 Å². The number of hydrogen-bond acceptors (Lipinski definition) is 4. The molecule has 2 N–H and O–H groups in total. The molecule has 1 aromatic heterocycles. The molecule has 7 aromatic carbocycles. The quantitative estimate of drug-likeness (QED) is 0.118. The minimum Gasteiger partial charge on any atom is -0.389 e. The number of benzene rings is 7. The molecule has 0 unspecified atom stereocenters. The van der Waals surface area contributed by atoms with Crippen LogP contribution < -0.4 is 5.32 Å². The molecule has 5 nitrogen and oxygen atoms in total. The van der Waals surface area contributed by atoms with Crippen molar-refractivity contribution in [2.24, 2.45) is 0 Å². The molecule has 53 heavy (non-hydrogen) atoms. The molecular formula is C48H41N3O2. The first-order valence-corrected chi connectivity index (χ1v) is 18.1. The van der Waals surface area contributed by atoms with Crippen LogP contribution in [0.4, 0.5) is 5.69 Å². The van der Waals surface area contributed by atoms with Crippen LogP contribution in [0.2, 0.25) is 0 Å². The Hall–Kier alpha value is -6.27. The van der Waals surface area contributed by atoms with E-state index in [0.29, 0.717) is 6.54 Å². The van der Waals surface area contributed by atoms with Crippen molar-refractivity contribution in [3.05, 3.63) is 240 Å². The van der Waals surface area contributed by atoms with Crippen LogP contribution in [-0.4, -0.2) is 27.4 Å². The summed E-state index contributed by atoms with van der Waals surface area (Å²) in [4.78, 5) is 4.94. The van der Waals surface area contributed by atoms with E-state index in [1.165, 1.54) is 0 Å². The van der Waals surface area contributed by atoms with Gasteiger partial charge < -0.3 is 19.7 Å². The molecule has 0 aliphatic rings. The summed E-state index contributed by atoms with van der Waals surface area (Å²) < 4.78 is 8.96. The summed E-state index contributed by atoms with van der Waals surface area (Å²) >= 11 is 0. The van der Waals surface area contributed by atoms with E-state index in [2.05, 4.69) is 127 Å². The fourth-order valence-electron chi connectivity index (χ4n) is 7.59. The number of nitrogens with zero attached hydrogens (tertiary/aromatic N) is 2. The van der Waals surface area contributed by atoms with Crippen molar-refractivity contribution >= 4 is 16.7 Å². The number of rotatable bonds is 13. The number of ether oxygens (including phenoxy) is 1. The van der Waals surface area contributed by atoms with Gasteiger partial charge in [0.25, 0.3) is 0 Å². The molecule has 1 atom stereocenters. The number of aliphatic hydroxyl groups excluding tert-OH is 1. The fraction of sp³-hybridized carbons (Fsp3) is 0.104. The number of fused-ring (bicyclic) bond motifs is 1. The standard InChI is InChI=1S/C48H41N3O2/c52-43(35-53-48(40-26-13-4-14-27-40,41-28-15-5-16-29-41)42-30-17-6-18-31-42)34-51-36-49-46-44(32-19-33-45(46)51)50-47(37-20-7-1-8-21-37,38-22-9-2-10-23-38)39-24-11-3-12-25-39/h1-33,36,43,50,52H,34-35H2/t43-/m0/s1. The van der Waals surface area contributed by atoms with Crippen molar-refractivity contribution < 1.29 is 9.84 Å². The number of anilines is 1. The van der Waals surface area contributed by atoms with E-state index in [4.69, 9.17) is 9.72 Å². The van der Waals surface area contributed by atoms with Gasteiger partial charge in [-0.1, -0.05) is 188 Å². The predicted octanol–water partition coefficient (Wildman–Crippen LogP) is 9.81. The van der Waals surface area contributed by atoms with Gasteiger partial charge in [-0.3, -0.25) is 0 Å². The lowest BCUT2D eigenvalue weighted by atomic mass is 9.76. The molecule has 0 aliphatic carbocycles. The summed E-state index contributed by atoms with van der Waals surface area (Å²) in [6.45, 7) is 0.394. The van der Waals surface area contributed by atoms with E-state index in [-0.39, 0.29) is 6.61 Å². The Bertz CT molecular complexity index is 2160. The van der Waals surface area contributed by atoms with E-state index in [1.807, 2.05) is 89.8 Å². The zero-order chi connectivity index (χ0) is 35.9. The van der Waals surface area contributed by atoms with Gasteiger partial charge in [-0.05, 0) is 45.5 Å². The Labute approximate surface area is 310 Å². The average Bonchev–Trinajstić information content (AvgIpc) is 3.65. The molecule has 260 valence electrons. The first-order chi connectivity index (χ1) is 26.2. The van der Waals surface area contributed by atoms with Crippen LogP contribution >= 0.6 is 0 Å².